The molecule has 9 heteroatoms. The van der Waals surface area contributed by atoms with Gasteiger partial charge in [0.1, 0.15) is 24.0 Å². The summed E-state index contributed by atoms with van der Waals surface area (Å²) in [6.07, 6.45) is 0.826. The third kappa shape index (κ3) is 7.16. The third-order valence-electron chi connectivity index (χ3n) is 5.78. The lowest BCUT2D eigenvalue weighted by Crippen LogP contribution is -2.39. The number of imidazole rings is 1. The van der Waals surface area contributed by atoms with Crippen LogP contribution >= 0.6 is 0 Å². The van der Waals surface area contributed by atoms with Crippen molar-refractivity contribution in [2.45, 2.75) is 45.4 Å². The van der Waals surface area contributed by atoms with Crippen molar-refractivity contribution in [3.63, 3.8) is 0 Å². The number of amides is 1. The fraction of sp³-hybridized carbons (Fsp3) is 0.233. The van der Waals surface area contributed by atoms with Crippen LogP contribution in [0.3, 0.4) is 0 Å². The minimum absolute atomic E-state index is 0.00517. The van der Waals surface area contributed by atoms with E-state index in [1.807, 2.05) is 60.7 Å². The van der Waals surface area contributed by atoms with Crippen LogP contribution in [0.15, 0.2) is 95.9 Å². The van der Waals surface area contributed by atoms with Crippen molar-refractivity contribution in [2.24, 2.45) is 0 Å². The number of carbonyl (C=O) groups excluding carboxylic acids is 2. The summed E-state index contributed by atoms with van der Waals surface area (Å²) < 4.78 is 13.3. The molecule has 0 radical (unpaired) electrons. The second kappa shape index (κ2) is 11.7. The van der Waals surface area contributed by atoms with E-state index >= 15 is 0 Å². The van der Waals surface area contributed by atoms with Crippen LogP contribution in [0.2, 0.25) is 0 Å². The van der Waals surface area contributed by atoms with E-state index in [2.05, 4.69) is 5.43 Å². The van der Waals surface area contributed by atoms with E-state index in [9.17, 15) is 19.5 Å². The Balaban J connectivity index is 1.73. The molecule has 3 aromatic carbocycles. The number of phenols is 1. The number of carbonyl (C=O) groups is 2. The molecule has 0 aliphatic rings. The highest BCUT2D eigenvalue weighted by Gasteiger charge is 2.30. The fourth-order valence-electron chi connectivity index (χ4n) is 3.98. The number of hydrogen-bond acceptors (Lipinski definition) is 6. The van der Waals surface area contributed by atoms with Crippen molar-refractivity contribution in [3.05, 3.63) is 113 Å². The molecule has 0 aliphatic carbocycles. The van der Waals surface area contributed by atoms with E-state index in [0.29, 0.717) is 11.3 Å². The molecule has 2 N–H and O–H groups in total. The van der Waals surface area contributed by atoms with Gasteiger partial charge >= 0.3 is 17.8 Å². The lowest BCUT2D eigenvalue weighted by atomic mass is 10.1. The van der Waals surface area contributed by atoms with Gasteiger partial charge in [-0.05, 0) is 56.2 Å². The number of ether oxygens (including phenoxy) is 2. The van der Waals surface area contributed by atoms with Crippen LogP contribution in [0.5, 0.6) is 5.75 Å². The van der Waals surface area contributed by atoms with Crippen LogP contribution < -0.4 is 11.1 Å². The van der Waals surface area contributed by atoms with Gasteiger partial charge in [0.2, 0.25) is 0 Å². The summed E-state index contributed by atoms with van der Waals surface area (Å²) in [7, 11) is 0. The van der Waals surface area contributed by atoms with Crippen LogP contribution in [0.4, 0.5) is 4.79 Å². The van der Waals surface area contributed by atoms with E-state index in [4.69, 9.17) is 9.47 Å². The van der Waals surface area contributed by atoms with Crippen molar-refractivity contribution in [1.29, 1.82) is 0 Å². The first-order chi connectivity index (χ1) is 18.6. The minimum atomic E-state index is -1.02. The van der Waals surface area contributed by atoms with Crippen molar-refractivity contribution < 1.29 is 24.2 Å². The molecule has 0 saturated heterocycles. The van der Waals surface area contributed by atoms with Gasteiger partial charge in [0, 0.05) is 18.2 Å². The summed E-state index contributed by atoms with van der Waals surface area (Å²) in [5.41, 5.74) is 3.47. The highest BCUT2D eigenvalue weighted by atomic mass is 16.6. The summed E-state index contributed by atoms with van der Waals surface area (Å²) in [5.74, 6) is -0.549. The molecule has 4 rings (SSSR count). The zero-order valence-electron chi connectivity index (χ0n) is 22.0. The van der Waals surface area contributed by atoms with Crippen molar-refractivity contribution >= 4 is 12.1 Å². The molecule has 4 aromatic rings. The Hall–Kier alpha value is -4.79. The van der Waals surface area contributed by atoms with Gasteiger partial charge in [0.15, 0.2) is 0 Å². The number of esters is 1. The molecule has 0 unspecified atom stereocenters. The number of benzene rings is 3. The Bertz CT molecular complexity index is 1470. The molecule has 1 amide bonds. The summed E-state index contributed by atoms with van der Waals surface area (Å²) >= 11 is 0. The Morgan fingerprint density at radius 3 is 2.08 bits per heavy atom. The molecule has 0 saturated carbocycles. The molecule has 0 spiro atoms. The van der Waals surface area contributed by atoms with E-state index < -0.39 is 29.4 Å². The van der Waals surface area contributed by atoms with Crippen LogP contribution in [0.1, 0.15) is 37.9 Å². The Morgan fingerprint density at radius 2 is 1.49 bits per heavy atom. The smallest absolute Gasteiger partial charge is 0.426 e. The highest BCUT2D eigenvalue weighted by molar-refractivity contribution is 5.78. The summed E-state index contributed by atoms with van der Waals surface area (Å²) in [6, 6.07) is 23.5. The topological polar surface area (TPSA) is 112 Å². The summed E-state index contributed by atoms with van der Waals surface area (Å²) in [5, 5.41) is 9.76. The largest absolute Gasteiger partial charge is 0.508 e. The monoisotopic (exact) mass is 529 g/mol. The Kier molecular flexibility index (Phi) is 8.19. The molecule has 1 aromatic heterocycles. The number of aromatic nitrogens is 2. The predicted molar refractivity (Wildman–Crippen MR) is 147 cm³/mol. The van der Waals surface area contributed by atoms with Crippen LogP contribution in [0, 0.1) is 0 Å². The SMILES string of the molecule is CC(C)(C)OC(=O)[C@@H](Cc1ccccc1)n1cc(-c2ccc(O)cc2)n(NC(=O)OCc2ccccc2)c1=O. The average Bonchev–Trinajstić information content (AvgIpc) is 3.22. The Labute approximate surface area is 226 Å². The van der Waals surface area contributed by atoms with Gasteiger partial charge in [0.05, 0.1) is 5.69 Å². The molecule has 1 heterocycles. The first-order valence-corrected chi connectivity index (χ1v) is 12.5. The molecule has 9 nitrogen and oxygen atoms in total. The van der Waals surface area contributed by atoms with Crippen LogP contribution in [-0.4, -0.2) is 32.0 Å². The third-order valence-corrected chi connectivity index (χ3v) is 5.78. The maximum atomic E-state index is 13.7. The van der Waals surface area contributed by atoms with Gasteiger partial charge in [-0.1, -0.05) is 60.7 Å². The highest BCUT2D eigenvalue weighted by Crippen LogP contribution is 2.25. The first-order valence-electron chi connectivity index (χ1n) is 12.5. The Morgan fingerprint density at radius 1 is 0.897 bits per heavy atom. The van der Waals surface area contributed by atoms with Gasteiger partial charge in [-0.25, -0.2) is 19.8 Å². The summed E-state index contributed by atoms with van der Waals surface area (Å²) in [4.78, 5) is 39.8. The molecule has 0 fully saturated rings. The predicted octanol–water partition coefficient (Wildman–Crippen LogP) is 5.03. The van der Waals surface area contributed by atoms with E-state index in [1.165, 1.54) is 22.9 Å². The van der Waals surface area contributed by atoms with E-state index in [1.54, 1.807) is 32.9 Å². The number of rotatable bonds is 8. The zero-order valence-corrected chi connectivity index (χ0v) is 22.0. The van der Waals surface area contributed by atoms with Crippen molar-refractivity contribution in [1.82, 2.24) is 9.24 Å². The lowest BCUT2D eigenvalue weighted by molar-refractivity contribution is -0.159. The van der Waals surface area contributed by atoms with Crippen molar-refractivity contribution in [3.8, 4) is 17.0 Å². The van der Waals surface area contributed by atoms with Crippen molar-refractivity contribution in [2.75, 3.05) is 5.43 Å². The molecule has 39 heavy (non-hydrogen) atoms. The normalized spacial score (nSPS) is 12.0. The first kappa shape index (κ1) is 27.3. The minimum Gasteiger partial charge on any atom is -0.508 e. The van der Waals surface area contributed by atoms with Crippen LogP contribution in [0.25, 0.3) is 11.3 Å². The lowest BCUT2D eigenvalue weighted by Gasteiger charge is -2.24. The van der Waals surface area contributed by atoms with Gasteiger partial charge in [-0.3, -0.25) is 4.57 Å². The van der Waals surface area contributed by atoms with Gasteiger partial charge < -0.3 is 14.6 Å². The number of aromatic hydroxyl groups is 1. The maximum Gasteiger partial charge on any atom is 0.426 e. The number of hydrogen-bond donors (Lipinski definition) is 2. The second-order valence-corrected chi connectivity index (χ2v) is 10.00. The number of phenolic OH excluding ortho intramolecular Hbond substituents is 1. The molecular weight excluding hydrogens is 498 g/mol. The van der Waals surface area contributed by atoms with Crippen LogP contribution in [-0.2, 0) is 27.3 Å². The number of nitrogens with one attached hydrogen (secondary N) is 1. The van der Waals surface area contributed by atoms with E-state index in [0.717, 1.165) is 15.8 Å². The maximum absolute atomic E-state index is 13.7. The second-order valence-electron chi connectivity index (χ2n) is 10.00. The quantitative estimate of drug-likeness (QED) is 0.310. The average molecular weight is 530 g/mol. The number of nitrogens with zero attached hydrogens (tertiary/aromatic N) is 2. The molecular formula is C30H31N3O6. The van der Waals surface area contributed by atoms with E-state index in [-0.39, 0.29) is 18.8 Å². The molecule has 1 atom stereocenters. The van der Waals surface area contributed by atoms with Gasteiger partial charge in [-0.2, -0.15) is 4.68 Å². The zero-order chi connectivity index (χ0) is 28.0. The molecule has 0 aliphatic heterocycles. The standard InChI is InChI=1S/C30H31N3O6/c1-30(2,3)39-27(35)25(18-21-10-6-4-7-11-21)32-19-26(23-14-16-24(34)17-15-23)33(29(32)37)31-28(36)38-20-22-12-8-5-9-13-22/h4-17,19,25,34H,18,20H2,1-3H3,(H,31,36)/t25-/m1/s1. The summed E-state index contributed by atoms with van der Waals surface area (Å²) in [6.45, 7) is 5.27. The van der Waals surface area contributed by atoms with Gasteiger partial charge in [-0.15, -0.1) is 0 Å². The molecule has 0 bridgehead atoms. The van der Waals surface area contributed by atoms with Gasteiger partial charge in [0.25, 0.3) is 0 Å². The molecule has 202 valence electrons. The fourth-order valence-corrected chi connectivity index (χ4v) is 3.98.